The van der Waals surface area contributed by atoms with Gasteiger partial charge < -0.3 is 14.5 Å². The summed E-state index contributed by atoms with van der Waals surface area (Å²) in [5.41, 5.74) is 4.15. The van der Waals surface area contributed by atoms with Gasteiger partial charge in [-0.3, -0.25) is 0 Å². The molecule has 1 fully saturated rings. The Hall–Kier alpha value is -2.00. The van der Waals surface area contributed by atoms with Crippen LogP contribution in [0.1, 0.15) is 64.0 Å². The Morgan fingerprint density at radius 3 is 2.45 bits per heavy atom. The van der Waals surface area contributed by atoms with Crippen LogP contribution in [0.25, 0.3) is 16.5 Å². The number of ether oxygens (including phenoxy) is 1. The summed E-state index contributed by atoms with van der Waals surface area (Å²) in [6.07, 6.45) is 8.82. The number of aryl methyl sites for hydroxylation is 1. The van der Waals surface area contributed by atoms with Crippen LogP contribution in [0.15, 0.2) is 36.4 Å². The summed E-state index contributed by atoms with van der Waals surface area (Å²) in [6.45, 7) is 14.9. The number of unbranched alkanes of at least 4 members (excludes halogenated alkanes) is 1. The molecule has 0 bridgehead atoms. The molecule has 3 rings (SSSR count). The summed E-state index contributed by atoms with van der Waals surface area (Å²) >= 11 is 0. The van der Waals surface area contributed by atoms with Crippen molar-refractivity contribution in [3.8, 4) is 5.75 Å². The Morgan fingerprint density at radius 1 is 1.06 bits per heavy atom. The lowest BCUT2D eigenvalue weighted by Gasteiger charge is -2.30. The number of hydrogen-bond acceptors (Lipinski definition) is 3. The van der Waals surface area contributed by atoms with Crippen molar-refractivity contribution in [2.45, 2.75) is 59.8 Å². The number of methoxy groups -OCH3 is 1. The predicted molar refractivity (Wildman–Crippen MR) is 135 cm³/mol. The molecule has 0 unspecified atom stereocenters. The molecule has 0 heterocycles. The van der Waals surface area contributed by atoms with Crippen molar-refractivity contribution in [1.29, 1.82) is 0 Å². The fourth-order valence-corrected chi connectivity index (χ4v) is 4.56. The zero-order valence-corrected chi connectivity index (χ0v) is 20.4. The van der Waals surface area contributed by atoms with Crippen molar-refractivity contribution in [2.24, 2.45) is 5.92 Å². The topological polar surface area (TPSA) is 15.7 Å². The third-order valence-electron chi connectivity index (χ3n) is 6.64. The molecule has 0 aliphatic heterocycles. The first-order chi connectivity index (χ1) is 15.1. The van der Waals surface area contributed by atoms with E-state index in [1.54, 1.807) is 7.11 Å². The normalized spacial score (nSPS) is 14.5. The Morgan fingerprint density at radius 2 is 1.81 bits per heavy atom. The van der Waals surface area contributed by atoms with Gasteiger partial charge in [-0.1, -0.05) is 39.0 Å². The van der Waals surface area contributed by atoms with Gasteiger partial charge in [0.15, 0.2) is 0 Å². The van der Waals surface area contributed by atoms with E-state index in [2.05, 4.69) is 73.9 Å². The maximum atomic E-state index is 5.61. The van der Waals surface area contributed by atoms with Crippen LogP contribution >= 0.6 is 0 Å². The molecular weight excluding hydrogens is 380 g/mol. The van der Waals surface area contributed by atoms with Crippen LogP contribution in [0.4, 0.5) is 0 Å². The average Bonchev–Trinajstić information content (AvgIpc) is 3.60. The maximum Gasteiger partial charge on any atom is 0.126 e. The standard InChI is InChI=1S/C28H42N2O/c1-6-12-27(25-20-24-13-11-14-28(31-5)26(24)19-22(25)4)30(21-23-15-16-23)18-10-9-17-29(7-2)8-3/h11-14,19-20,23H,6-10,15-18,21H2,1-5H3/b27-12+. The van der Waals surface area contributed by atoms with Gasteiger partial charge in [0.25, 0.3) is 0 Å². The molecule has 1 aliphatic rings. The number of fused-ring (bicyclic) bond motifs is 1. The van der Waals surface area contributed by atoms with E-state index in [4.69, 9.17) is 4.74 Å². The molecule has 0 spiro atoms. The van der Waals surface area contributed by atoms with E-state index in [9.17, 15) is 0 Å². The highest BCUT2D eigenvalue weighted by Gasteiger charge is 2.26. The van der Waals surface area contributed by atoms with Gasteiger partial charge in [-0.2, -0.15) is 0 Å². The van der Waals surface area contributed by atoms with Crippen molar-refractivity contribution in [2.75, 3.05) is 39.8 Å². The predicted octanol–water partition coefficient (Wildman–Crippen LogP) is 6.74. The first-order valence-electron chi connectivity index (χ1n) is 12.4. The van der Waals surface area contributed by atoms with Crippen LogP contribution in [-0.2, 0) is 0 Å². The molecule has 1 saturated carbocycles. The van der Waals surface area contributed by atoms with Gasteiger partial charge in [0.1, 0.15) is 5.75 Å². The zero-order chi connectivity index (χ0) is 22.2. The summed E-state index contributed by atoms with van der Waals surface area (Å²) in [6, 6.07) is 11.0. The summed E-state index contributed by atoms with van der Waals surface area (Å²) < 4.78 is 5.61. The number of allylic oxidation sites excluding steroid dienone is 1. The molecule has 31 heavy (non-hydrogen) atoms. The molecule has 170 valence electrons. The summed E-state index contributed by atoms with van der Waals surface area (Å²) in [5, 5.41) is 2.46. The first-order valence-corrected chi connectivity index (χ1v) is 12.4. The van der Waals surface area contributed by atoms with Crippen LogP contribution in [0, 0.1) is 12.8 Å². The Labute approximate surface area is 190 Å². The second-order valence-electron chi connectivity index (χ2n) is 8.97. The molecule has 0 aromatic heterocycles. The fraction of sp³-hybridized carbons (Fsp3) is 0.571. The van der Waals surface area contributed by atoms with Crippen molar-refractivity contribution in [3.05, 3.63) is 47.5 Å². The molecule has 0 amide bonds. The monoisotopic (exact) mass is 422 g/mol. The van der Waals surface area contributed by atoms with Crippen LogP contribution in [-0.4, -0.2) is 49.6 Å². The van der Waals surface area contributed by atoms with E-state index >= 15 is 0 Å². The highest BCUT2D eigenvalue weighted by atomic mass is 16.5. The smallest absolute Gasteiger partial charge is 0.126 e. The van der Waals surface area contributed by atoms with Gasteiger partial charge in [0, 0.05) is 29.7 Å². The van der Waals surface area contributed by atoms with Crippen LogP contribution in [0.3, 0.4) is 0 Å². The van der Waals surface area contributed by atoms with E-state index in [0.29, 0.717) is 0 Å². The molecule has 2 aromatic carbocycles. The summed E-state index contributed by atoms with van der Waals surface area (Å²) in [5.74, 6) is 1.84. The number of benzene rings is 2. The SMILES string of the molecule is CC/C=C(\c1cc2cccc(OC)c2cc1C)N(CCCCN(CC)CC)CC1CC1. The third-order valence-corrected chi connectivity index (χ3v) is 6.64. The molecule has 1 aliphatic carbocycles. The summed E-state index contributed by atoms with van der Waals surface area (Å²) in [7, 11) is 1.76. The number of hydrogen-bond donors (Lipinski definition) is 0. The van der Waals surface area contributed by atoms with Gasteiger partial charge in [-0.05, 0) is 93.7 Å². The van der Waals surface area contributed by atoms with Gasteiger partial charge in [0.2, 0.25) is 0 Å². The quantitative estimate of drug-likeness (QED) is 0.332. The number of rotatable bonds is 13. The molecule has 0 saturated heterocycles. The molecule has 0 radical (unpaired) electrons. The van der Waals surface area contributed by atoms with Gasteiger partial charge in [-0.25, -0.2) is 0 Å². The van der Waals surface area contributed by atoms with Crippen molar-refractivity contribution < 1.29 is 4.74 Å². The van der Waals surface area contributed by atoms with Crippen LogP contribution in [0.2, 0.25) is 0 Å². The second-order valence-corrected chi connectivity index (χ2v) is 8.97. The lowest BCUT2D eigenvalue weighted by atomic mass is 9.97. The Balaban J connectivity index is 1.84. The van der Waals surface area contributed by atoms with Gasteiger partial charge >= 0.3 is 0 Å². The minimum Gasteiger partial charge on any atom is -0.496 e. The highest BCUT2D eigenvalue weighted by molar-refractivity contribution is 5.92. The van der Waals surface area contributed by atoms with Crippen LogP contribution in [0.5, 0.6) is 5.75 Å². The van der Waals surface area contributed by atoms with Crippen molar-refractivity contribution in [3.63, 3.8) is 0 Å². The lowest BCUT2D eigenvalue weighted by molar-refractivity contribution is 0.285. The summed E-state index contributed by atoms with van der Waals surface area (Å²) in [4.78, 5) is 5.23. The minimum absolute atomic E-state index is 0.879. The third kappa shape index (κ3) is 6.26. The van der Waals surface area contributed by atoms with Crippen LogP contribution < -0.4 is 4.74 Å². The zero-order valence-electron chi connectivity index (χ0n) is 20.4. The van der Waals surface area contributed by atoms with E-state index < -0.39 is 0 Å². The molecule has 3 nitrogen and oxygen atoms in total. The van der Waals surface area contributed by atoms with E-state index in [0.717, 1.165) is 37.7 Å². The van der Waals surface area contributed by atoms with Crippen molar-refractivity contribution in [1.82, 2.24) is 9.80 Å². The molecule has 2 aromatic rings. The number of nitrogens with zero attached hydrogens (tertiary/aromatic N) is 2. The molecule has 0 atom stereocenters. The first kappa shape index (κ1) is 23.7. The van der Waals surface area contributed by atoms with Crippen molar-refractivity contribution >= 4 is 16.5 Å². The second kappa shape index (κ2) is 11.6. The molecular formula is C28H42N2O. The maximum absolute atomic E-state index is 5.61. The molecule has 3 heteroatoms. The minimum atomic E-state index is 0.879. The fourth-order valence-electron chi connectivity index (χ4n) is 4.56. The molecule has 0 N–H and O–H groups in total. The van der Waals surface area contributed by atoms with E-state index in [1.165, 1.54) is 66.4 Å². The average molecular weight is 423 g/mol. The van der Waals surface area contributed by atoms with E-state index in [-0.39, 0.29) is 0 Å². The lowest BCUT2D eigenvalue weighted by Crippen LogP contribution is -2.28. The highest BCUT2D eigenvalue weighted by Crippen LogP contribution is 2.36. The van der Waals surface area contributed by atoms with Gasteiger partial charge in [0.05, 0.1) is 7.11 Å². The Kier molecular flexibility index (Phi) is 8.83. The largest absolute Gasteiger partial charge is 0.496 e. The van der Waals surface area contributed by atoms with E-state index in [1.807, 2.05) is 0 Å². The Bertz CT molecular complexity index is 865. The van der Waals surface area contributed by atoms with Gasteiger partial charge in [-0.15, -0.1) is 0 Å².